The summed E-state index contributed by atoms with van der Waals surface area (Å²) in [6.07, 6.45) is 3.61. The van der Waals surface area contributed by atoms with Crippen molar-refractivity contribution in [3.05, 3.63) is 93.2 Å². The standard InChI is InChI=1S/C24H23F2N3O4/c1-32-24(31)22-19-7-9-28(14-17-5-2-6-18(25)23(17)26)10-11-29(19)21(30)12-20(22)33-15-16-4-3-8-27-13-16/h2-6,8,12-13H,7,9-11,14-15H2,1H3. The van der Waals surface area contributed by atoms with E-state index < -0.39 is 17.6 Å². The first-order valence-electron chi connectivity index (χ1n) is 10.5. The topological polar surface area (TPSA) is 73.7 Å². The summed E-state index contributed by atoms with van der Waals surface area (Å²) in [6.45, 7) is 1.47. The van der Waals surface area contributed by atoms with Crippen molar-refractivity contribution in [2.24, 2.45) is 0 Å². The molecule has 0 aliphatic carbocycles. The Hall–Kier alpha value is -3.59. The molecule has 1 aromatic carbocycles. The van der Waals surface area contributed by atoms with Crippen molar-refractivity contribution in [3.8, 4) is 5.75 Å². The van der Waals surface area contributed by atoms with E-state index in [1.807, 2.05) is 11.0 Å². The van der Waals surface area contributed by atoms with E-state index in [9.17, 15) is 18.4 Å². The van der Waals surface area contributed by atoms with Gasteiger partial charge in [-0.15, -0.1) is 0 Å². The zero-order valence-corrected chi connectivity index (χ0v) is 18.1. The second-order valence-corrected chi connectivity index (χ2v) is 7.70. The number of aromatic nitrogens is 2. The van der Waals surface area contributed by atoms with Gasteiger partial charge in [0.2, 0.25) is 0 Å². The second-order valence-electron chi connectivity index (χ2n) is 7.70. The monoisotopic (exact) mass is 455 g/mol. The van der Waals surface area contributed by atoms with Gasteiger partial charge in [0, 0.05) is 67.9 Å². The molecule has 2 aromatic heterocycles. The van der Waals surface area contributed by atoms with Crippen LogP contribution in [0.15, 0.2) is 53.6 Å². The molecule has 4 rings (SSSR count). The van der Waals surface area contributed by atoms with E-state index in [1.165, 1.54) is 29.9 Å². The number of nitrogens with zero attached hydrogens (tertiary/aromatic N) is 3. The van der Waals surface area contributed by atoms with Crippen molar-refractivity contribution in [3.63, 3.8) is 0 Å². The van der Waals surface area contributed by atoms with E-state index in [2.05, 4.69) is 4.98 Å². The van der Waals surface area contributed by atoms with Crippen LogP contribution in [0.4, 0.5) is 8.78 Å². The molecule has 0 fully saturated rings. The van der Waals surface area contributed by atoms with Crippen LogP contribution in [0.1, 0.15) is 27.2 Å². The highest BCUT2D eigenvalue weighted by molar-refractivity contribution is 5.93. The molecule has 0 bridgehead atoms. The van der Waals surface area contributed by atoms with E-state index in [0.717, 1.165) is 11.6 Å². The number of benzene rings is 1. The van der Waals surface area contributed by atoms with Crippen LogP contribution in [0, 0.1) is 11.6 Å². The number of carbonyl (C=O) groups is 1. The van der Waals surface area contributed by atoms with Gasteiger partial charge >= 0.3 is 5.97 Å². The fourth-order valence-corrected chi connectivity index (χ4v) is 3.94. The lowest BCUT2D eigenvalue weighted by atomic mass is 10.1. The first-order chi connectivity index (χ1) is 16.0. The third-order valence-corrected chi connectivity index (χ3v) is 5.62. The van der Waals surface area contributed by atoms with Gasteiger partial charge in [0.25, 0.3) is 5.56 Å². The van der Waals surface area contributed by atoms with Crippen molar-refractivity contribution in [2.45, 2.75) is 26.1 Å². The minimum absolute atomic E-state index is 0.131. The van der Waals surface area contributed by atoms with Crippen molar-refractivity contribution in [1.29, 1.82) is 0 Å². The maximum atomic E-state index is 14.1. The van der Waals surface area contributed by atoms with Crippen molar-refractivity contribution in [1.82, 2.24) is 14.5 Å². The lowest BCUT2D eigenvalue weighted by Gasteiger charge is -2.19. The van der Waals surface area contributed by atoms with Gasteiger partial charge < -0.3 is 14.0 Å². The Labute approximate surface area is 189 Å². The van der Waals surface area contributed by atoms with Gasteiger partial charge in [0.05, 0.1) is 7.11 Å². The Morgan fingerprint density at radius 3 is 2.76 bits per heavy atom. The molecule has 0 spiro atoms. The van der Waals surface area contributed by atoms with Crippen LogP contribution < -0.4 is 10.3 Å². The number of esters is 1. The molecule has 0 saturated heterocycles. The number of halogens is 2. The second kappa shape index (κ2) is 9.91. The molecule has 0 N–H and O–H groups in total. The molecule has 7 nitrogen and oxygen atoms in total. The molecule has 1 aliphatic rings. The minimum atomic E-state index is -0.898. The molecule has 0 radical (unpaired) electrons. The molecule has 3 aromatic rings. The SMILES string of the molecule is COC(=O)c1c(OCc2cccnc2)cc(=O)n2c1CCN(Cc1cccc(F)c1F)CC2. The zero-order chi connectivity index (χ0) is 23.4. The Bertz CT molecular complexity index is 1210. The highest BCUT2D eigenvalue weighted by atomic mass is 19.2. The first-order valence-corrected chi connectivity index (χ1v) is 10.5. The molecule has 0 saturated carbocycles. The van der Waals surface area contributed by atoms with E-state index in [0.29, 0.717) is 25.2 Å². The van der Waals surface area contributed by atoms with Gasteiger partial charge in [-0.05, 0) is 12.1 Å². The van der Waals surface area contributed by atoms with Crippen molar-refractivity contribution < 1.29 is 23.0 Å². The average molecular weight is 455 g/mol. The van der Waals surface area contributed by atoms with Crippen LogP contribution in [0.5, 0.6) is 5.75 Å². The summed E-state index contributed by atoms with van der Waals surface area (Å²) in [6, 6.07) is 8.95. The molecule has 33 heavy (non-hydrogen) atoms. The Morgan fingerprint density at radius 2 is 2.00 bits per heavy atom. The van der Waals surface area contributed by atoms with Gasteiger partial charge in [-0.3, -0.25) is 14.7 Å². The summed E-state index contributed by atoms with van der Waals surface area (Å²) in [5.41, 5.74) is 1.41. The number of hydrogen-bond acceptors (Lipinski definition) is 6. The van der Waals surface area contributed by atoms with Gasteiger partial charge in [0.15, 0.2) is 11.6 Å². The molecule has 172 valence electrons. The van der Waals surface area contributed by atoms with Gasteiger partial charge in [0.1, 0.15) is 17.9 Å². The summed E-state index contributed by atoms with van der Waals surface area (Å²) in [4.78, 5) is 31.5. The third kappa shape index (κ3) is 4.93. The lowest BCUT2D eigenvalue weighted by molar-refractivity contribution is 0.0592. The predicted molar refractivity (Wildman–Crippen MR) is 116 cm³/mol. The highest BCUT2D eigenvalue weighted by Gasteiger charge is 2.26. The maximum Gasteiger partial charge on any atom is 0.343 e. The number of fused-ring (bicyclic) bond motifs is 1. The fraction of sp³-hybridized carbons (Fsp3) is 0.292. The molecular weight excluding hydrogens is 432 g/mol. The number of methoxy groups -OCH3 is 1. The van der Waals surface area contributed by atoms with Gasteiger partial charge in [-0.25, -0.2) is 13.6 Å². The molecule has 3 heterocycles. The van der Waals surface area contributed by atoms with E-state index in [4.69, 9.17) is 9.47 Å². The van der Waals surface area contributed by atoms with Crippen molar-refractivity contribution >= 4 is 5.97 Å². The van der Waals surface area contributed by atoms with Crippen LogP contribution in [0.25, 0.3) is 0 Å². The molecule has 0 atom stereocenters. The van der Waals surface area contributed by atoms with E-state index >= 15 is 0 Å². The quantitative estimate of drug-likeness (QED) is 0.532. The molecule has 9 heteroatoms. The summed E-state index contributed by atoms with van der Waals surface area (Å²) in [7, 11) is 1.27. The smallest absolute Gasteiger partial charge is 0.343 e. The summed E-state index contributed by atoms with van der Waals surface area (Å²) in [5.74, 6) is -2.24. The van der Waals surface area contributed by atoms with E-state index in [-0.39, 0.29) is 42.1 Å². The van der Waals surface area contributed by atoms with E-state index in [1.54, 1.807) is 18.5 Å². The minimum Gasteiger partial charge on any atom is -0.488 e. The van der Waals surface area contributed by atoms with Crippen LogP contribution in [0.2, 0.25) is 0 Å². The fourth-order valence-electron chi connectivity index (χ4n) is 3.94. The van der Waals surface area contributed by atoms with Gasteiger partial charge in [-0.2, -0.15) is 0 Å². The van der Waals surface area contributed by atoms with Crippen LogP contribution in [0.3, 0.4) is 0 Å². The first kappa shape index (κ1) is 22.6. The zero-order valence-electron chi connectivity index (χ0n) is 18.1. The Balaban J connectivity index is 1.61. The maximum absolute atomic E-state index is 14.1. The summed E-state index contributed by atoms with van der Waals surface area (Å²) in [5, 5.41) is 0. The summed E-state index contributed by atoms with van der Waals surface area (Å²) >= 11 is 0. The third-order valence-electron chi connectivity index (χ3n) is 5.62. The van der Waals surface area contributed by atoms with Crippen LogP contribution in [-0.2, 0) is 30.9 Å². The summed E-state index contributed by atoms with van der Waals surface area (Å²) < 4.78 is 40.1. The van der Waals surface area contributed by atoms with Crippen molar-refractivity contribution in [2.75, 3.05) is 20.2 Å². The Kier molecular flexibility index (Phi) is 6.79. The molecular formula is C24H23F2N3O4. The molecule has 0 unspecified atom stereocenters. The van der Waals surface area contributed by atoms with Crippen LogP contribution in [-0.4, -0.2) is 40.6 Å². The number of rotatable bonds is 6. The lowest BCUT2D eigenvalue weighted by Crippen LogP contribution is -2.29. The largest absolute Gasteiger partial charge is 0.488 e. The number of pyridine rings is 2. The average Bonchev–Trinajstić information content (AvgIpc) is 3.04. The number of carbonyl (C=O) groups excluding carboxylic acids is 1. The van der Waals surface area contributed by atoms with Gasteiger partial charge in [-0.1, -0.05) is 18.2 Å². The number of hydrogen-bond donors (Lipinski definition) is 0. The Morgan fingerprint density at radius 1 is 1.15 bits per heavy atom. The number of ether oxygens (including phenoxy) is 2. The predicted octanol–water partition coefficient (Wildman–Crippen LogP) is 2.95. The van der Waals surface area contributed by atoms with Crippen LogP contribution >= 0.6 is 0 Å². The normalized spacial score (nSPS) is 13.8. The molecule has 0 amide bonds. The molecule has 1 aliphatic heterocycles. The highest BCUT2D eigenvalue weighted by Crippen LogP contribution is 2.25.